The van der Waals surface area contributed by atoms with E-state index in [0.29, 0.717) is 31.0 Å². The fraction of sp³-hybridized carbons (Fsp3) is 0.364. The van der Waals surface area contributed by atoms with E-state index in [1.54, 1.807) is 30.5 Å². The largest absolute Gasteiger partial charge is 0.488 e. The first-order valence-corrected chi connectivity index (χ1v) is 14.6. The molecule has 0 amide bonds. The zero-order chi connectivity index (χ0) is 30.7. The number of carbonyl (C=O) groups is 1. The third-order valence-electron chi connectivity index (χ3n) is 8.45. The van der Waals surface area contributed by atoms with Gasteiger partial charge in [0, 0.05) is 37.7 Å². The van der Waals surface area contributed by atoms with Gasteiger partial charge >= 0.3 is 5.97 Å². The van der Waals surface area contributed by atoms with Gasteiger partial charge in [-0.2, -0.15) is 10.5 Å². The Hall–Kier alpha value is -5.00. The Kier molecular flexibility index (Phi) is 8.14. The van der Waals surface area contributed by atoms with Crippen molar-refractivity contribution in [2.45, 2.75) is 57.9 Å². The van der Waals surface area contributed by atoms with E-state index in [1.807, 2.05) is 12.1 Å². The number of carboxylic acids is 1. The predicted octanol–water partition coefficient (Wildman–Crippen LogP) is 5.46. The molecule has 2 aromatic carbocycles. The number of imidazole rings is 1. The summed E-state index contributed by atoms with van der Waals surface area (Å²) in [5.74, 6) is -0.0929. The molecule has 11 heteroatoms. The Morgan fingerprint density at radius 2 is 1.93 bits per heavy atom. The first-order chi connectivity index (χ1) is 21.4. The average Bonchev–Trinajstić information content (AvgIpc) is 3.71. The average molecular weight is 595 g/mol. The molecular weight excluding hydrogens is 563 g/mol. The Balaban J connectivity index is 1.11. The number of hydrogen-bond acceptors (Lipinski definition) is 8. The lowest BCUT2D eigenvalue weighted by Gasteiger charge is -2.32. The number of aromatic carboxylic acids is 1. The molecule has 0 atom stereocenters. The summed E-state index contributed by atoms with van der Waals surface area (Å²) >= 11 is 0. The molecule has 1 N–H and O–H groups in total. The van der Waals surface area contributed by atoms with Gasteiger partial charge < -0.3 is 19.1 Å². The van der Waals surface area contributed by atoms with Crippen LogP contribution < -0.4 is 9.47 Å². The third kappa shape index (κ3) is 6.34. The standard InChI is InChI=1S/C33H31FN6O4/c34-25-16-22(18-36)3-6-29(25)43-20-27-30(2-1-13-37-27)44-24-7-14-39(15-8-24)19-31-38-26-5-4-23(32(41)42)17-28(26)40(31)21-33(9-10-33)11-12-35/h1-6,13,16-17,24H,7-11,14-15,19-21H2,(H,41,42). The summed E-state index contributed by atoms with van der Waals surface area (Å²) in [4.78, 5) is 23.3. The first-order valence-electron chi connectivity index (χ1n) is 14.6. The summed E-state index contributed by atoms with van der Waals surface area (Å²) in [7, 11) is 0. The van der Waals surface area contributed by atoms with E-state index >= 15 is 0 Å². The van der Waals surface area contributed by atoms with Crippen molar-refractivity contribution in [1.82, 2.24) is 19.4 Å². The van der Waals surface area contributed by atoms with Gasteiger partial charge in [-0.3, -0.25) is 9.88 Å². The molecule has 224 valence electrons. The number of pyridine rings is 1. The lowest BCUT2D eigenvalue weighted by atomic mass is 10.0. The number of carboxylic acid groups (broad SMARTS) is 1. The van der Waals surface area contributed by atoms with Crippen LogP contribution in [0.3, 0.4) is 0 Å². The van der Waals surface area contributed by atoms with Crippen molar-refractivity contribution in [2.24, 2.45) is 5.41 Å². The smallest absolute Gasteiger partial charge is 0.335 e. The molecule has 2 aliphatic rings. The van der Waals surface area contributed by atoms with Crippen LogP contribution in [0, 0.1) is 33.9 Å². The van der Waals surface area contributed by atoms with E-state index in [4.69, 9.17) is 19.7 Å². The molecule has 6 rings (SSSR count). The van der Waals surface area contributed by atoms with Gasteiger partial charge in [-0.1, -0.05) is 0 Å². The summed E-state index contributed by atoms with van der Waals surface area (Å²) in [6, 6.07) is 16.9. The molecule has 0 radical (unpaired) electrons. The maximum Gasteiger partial charge on any atom is 0.335 e. The Bertz CT molecular complexity index is 1780. The highest BCUT2D eigenvalue weighted by atomic mass is 19.1. The Labute approximate surface area is 253 Å². The highest BCUT2D eigenvalue weighted by molar-refractivity contribution is 5.92. The van der Waals surface area contributed by atoms with Crippen molar-refractivity contribution in [1.29, 1.82) is 10.5 Å². The minimum atomic E-state index is -0.980. The molecule has 0 spiro atoms. The van der Waals surface area contributed by atoms with Crippen LogP contribution in [0.5, 0.6) is 11.5 Å². The van der Waals surface area contributed by atoms with Crippen LogP contribution in [0.25, 0.3) is 11.0 Å². The number of benzene rings is 2. The summed E-state index contributed by atoms with van der Waals surface area (Å²) in [5.41, 5.74) is 2.46. The monoisotopic (exact) mass is 594 g/mol. The van der Waals surface area contributed by atoms with Crippen molar-refractivity contribution < 1.29 is 23.8 Å². The highest BCUT2D eigenvalue weighted by Gasteiger charge is 2.43. The summed E-state index contributed by atoms with van der Waals surface area (Å²) in [6.07, 6.45) is 5.58. The van der Waals surface area contributed by atoms with E-state index in [1.165, 1.54) is 12.1 Å². The second kappa shape index (κ2) is 12.3. The van der Waals surface area contributed by atoms with Gasteiger partial charge in [0.15, 0.2) is 11.6 Å². The molecule has 0 unspecified atom stereocenters. The van der Waals surface area contributed by atoms with Crippen molar-refractivity contribution in [3.8, 4) is 23.6 Å². The maximum absolute atomic E-state index is 14.3. The molecule has 1 aliphatic carbocycles. The third-order valence-corrected chi connectivity index (χ3v) is 8.45. The molecule has 2 aromatic heterocycles. The van der Waals surface area contributed by atoms with Crippen LogP contribution >= 0.6 is 0 Å². The van der Waals surface area contributed by atoms with Crippen LogP contribution in [0.1, 0.15) is 59.5 Å². The van der Waals surface area contributed by atoms with Gasteiger partial charge in [-0.25, -0.2) is 14.2 Å². The number of nitrogens with zero attached hydrogens (tertiary/aromatic N) is 6. The molecule has 1 saturated heterocycles. The Morgan fingerprint density at radius 3 is 2.64 bits per heavy atom. The Morgan fingerprint density at radius 1 is 1.11 bits per heavy atom. The number of rotatable bonds is 11. The van der Waals surface area contributed by atoms with Gasteiger partial charge in [0.05, 0.1) is 40.8 Å². The number of halogens is 1. The number of fused-ring (bicyclic) bond motifs is 1. The van der Waals surface area contributed by atoms with Crippen molar-refractivity contribution in [2.75, 3.05) is 13.1 Å². The minimum absolute atomic E-state index is 0.0188. The van der Waals surface area contributed by atoms with Crippen molar-refractivity contribution in [3.63, 3.8) is 0 Å². The van der Waals surface area contributed by atoms with Gasteiger partial charge in [0.25, 0.3) is 0 Å². The number of likely N-dealkylation sites (tertiary alicyclic amines) is 1. The number of nitriles is 2. The van der Waals surface area contributed by atoms with Crippen molar-refractivity contribution in [3.05, 3.63) is 83.2 Å². The fourth-order valence-corrected chi connectivity index (χ4v) is 5.71. The van der Waals surface area contributed by atoms with Gasteiger partial charge in [-0.05, 0) is 74.2 Å². The molecule has 2 fully saturated rings. The summed E-state index contributed by atoms with van der Waals surface area (Å²) in [5, 5.41) is 27.9. The molecular formula is C33H31FN6O4. The quantitative estimate of drug-likeness (QED) is 0.240. The van der Waals surface area contributed by atoms with E-state index in [0.717, 1.165) is 61.7 Å². The van der Waals surface area contributed by atoms with E-state index < -0.39 is 11.8 Å². The van der Waals surface area contributed by atoms with E-state index in [-0.39, 0.29) is 35.0 Å². The molecule has 4 aromatic rings. The lowest BCUT2D eigenvalue weighted by molar-refractivity contribution is 0.0697. The van der Waals surface area contributed by atoms with Gasteiger partial charge in [0.1, 0.15) is 30.0 Å². The minimum Gasteiger partial charge on any atom is -0.488 e. The molecule has 1 aliphatic heterocycles. The number of ether oxygens (including phenoxy) is 2. The SMILES string of the molecule is N#CCC1(Cn2c(CN3CCC(Oc4cccnc4COc4ccc(C#N)cc4F)CC3)nc3ccc(C(=O)O)cc32)CC1. The molecule has 3 heterocycles. The van der Waals surface area contributed by atoms with Gasteiger partial charge in [0.2, 0.25) is 0 Å². The summed E-state index contributed by atoms with van der Waals surface area (Å²) < 4.78 is 28.4. The normalized spacial score (nSPS) is 16.2. The maximum atomic E-state index is 14.3. The molecule has 44 heavy (non-hydrogen) atoms. The second-order valence-electron chi connectivity index (χ2n) is 11.5. The predicted molar refractivity (Wildman–Crippen MR) is 157 cm³/mol. The van der Waals surface area contributed by atoms with E-state index in [9.17, 15) is 19.6 Å². The molecule has 10 nitrogen and oxygen atoms in total. The second-order valence-corrected chi connectivity index (χ2v) is 11.5. The first kappa shape index (κ1) is 29.1. The number of piperidine rings is 1. The van der Waals surface area contributed by atoms with Gasteiger partial charge in [-0.15, -0.1) is 0 Å². The number of aromatic nitrogens is 3. The van der Waals surface area contributed by atoms with Crippen LogP contribution in [-0.2, 0) is 19.7 Å². The molecule has 0 bridgehead atoms. The zero-order valence-corrected chi connectivity index (χ0v) is 24.1. The van der Waals surface area contributed by atoms with Crippen LogP contribution in [0.4, 0.5) is 4.39 Å². The zero-order valence-electron chi connectivity index (χ0n) is 24.1. The highest BCUT2D eigenvalue weighted by Crippen LogP contribution is 2.50. The topological polar surface area (TPSA) is 137 Å². The molecule has 1 saturated carbocycles. The lowest BCUT2D eigenvalue weighted by Crippen LogP contribution is -2.38. The van der Waals surface area contributed by atoms with Crippen LogP contribution in [-0.4, -0.2) is 49.7 Å². The fourth-order valence-electron chi connectivity index (χ4n) is 5.71. The van der Waals surface area contributed by atoms with Crippen molar-refractivity contribution >= 4 is 17.0 Å². The van der Waals surface area contributed by atoms with Crippen LogP contribution in [0.15, 0.2) is 54.7 Å². The number of hydrogen-bond donors (Lipinski definition) is 1. The van der Waals surface area contributed by atoms with E-state index in [2.05, 4.69) is 20.5 Å². The van der Waals surface area contributed by atoms with Crippen LogP contribution in [0.2, 0.25) is 0 Å². The summed E-state index contributed by atoms with van der Waals surface area (Å²) in [6.45, 7) is 2.83.